The number of aryl methyl sites for hydroxylation is 1. The molecule has 0 amide bonds. The van der Waals surface area contributed by atoms with Crippen LogP contribution in [0, 0.1) is 12.7 Å². The van der Waals surface area contributed by atoms with Crippen LogP contribution in [0.4, 0.5) is 4.39 Å². The molecule has 0 heterocycles. The van der Waals surface area contributed by atoms with Gasteiger partial charge in [-0.2, -0.15) is 0 Å². The maximum absolute atomic E-state index is 13.5. The van der Waals surface area contributed by atoms with Gasteiger partial charge in [-0.25, -0.2) is 4.39 Å². The third-order valence-electron chi connectivity index (χ3n) is 2.85. The average molecular weight is 263 g/mol. The number of rotatable bonds is 2. The van der Waals surface area contributed by atoms with E-state index in [4.69, 9.17) is 11.6 Å². The van der Waals surface area contributed by atoms with Crippen LogP contribution >= 0.6 is 11.6 Å². The van der Waals surface area contributed by atoms with Gasteiger partial charge in [0.15, 0.2) is 5.78 Å². The molecule has 18 heavy (non-hydrogen) atoms. The van der Waals surface area contributed by atoms with Crippen LogP contribution in [0.25, 0.3) is 11.1 Å². The topological polar surface area (TPSA) is 17.1 Å². The molecule has 0 fully saturated rings. The van der Waals surface area contributed by atoms with E-state index in [9.17, 15) is 9.18 Å². The Morgan fingerprint density at radius 1 is 1.11 bits per heavy atom. The number of halogens is 2. The Morgan fingerprint density at radius 2 is 1.72 bits per heavy atom. The van der Waals surface area contributed by atoms with E-state index in [-0.39, 0.29) is 11.6 Å². The molecule has 0 atom stereocenters. The molecule has 0 saturated carbocycles. The Labute approximate surface area is 110 Å². The molecule has 2 aromatic rings. The van der Waals surface area contributed by atoms with Gasteiger partial charge in [0, 0.05) is 5.56 Å². The zero-order chi connectivity index (χ0) is 13.3. The summed E-state index contributed by atoms with van der Waals surface area (Å²) in [6.45, 7) is 3.18. The summed E-state index contributed by atoms with van der Waals surface area (Å²) in [4.78, 5) is 11.3. The van der Waals surface area contributed by atoms with Crippen molar-refractivity contribution in [3.8, 4) is 11.1 Å². The van der Waals surface area contributed by atoms with Crippen molar-refractivity contribution in [2.45, 2.75) is 13.8 Å². The SMILES string of the molecule is CC(=O)c1ccc(-c2ccc(C)c(F)c2)cc1Cl. The van der Waals surface area contributed by atoms with Crippen molar-refractivity contribution in [2.75, 3.05) is 0 Å². The number of benzene rings is 2. The Morgan fingerprint density at radius 3 is 2.28 bits per heavy atom. The van der Waals surface area contributed by atoms with E-state index in [2.05, 4.69) is 0 Å². The van der Waals surface area contributed by atoms with Crippen molar-refractivity contribution < 1.29 is 9.18 Å². The summed E-state index contributed by atoms with van der Waals surface area (Å²) in [6.07, 6.45) is 0. The lowest BCUT2D eigenvalue weighted by molar-refractivity contribution is 0.101. The molecule has 0 aliphatic carbocycles. The van der Waals surface area contributed by atoms with Crippen LogP contribution in [-0.4, -0.2) is 5.78 Å². The first-order valence-electron chi connectivity index (χ1n) is 5.56. The van der Waals surface area contributed by atoms with Gasteiger partial charge in [0.2, 0.25) is 0 Å². The third kappa shape index (κ3) is 2.44. The van der Waals surface area contributed by atoms with E-state index in [1.54, 1.807) is 31.2 Å². The molecule has 0 unspecified atom stereocenters. The monoisotopic (exact) mass is 262 g/mol. The zero-order valence-electron chi connectivity index (χ0n) is 10.1. The lowest BCUT2D eigenvalue weighted by atomic mass is 10.0. The van der Waals surface area contributed by atoms with E-state index in [1.165, 1.54) is 13.0 Å². The van der Waals surface area contributed by atoms with Crippen molar-refractivity contribution in [1.82, 2.24) is 0 Å². The standard InChI is InChI=1S/C15H12ClFO/c1-9-3-4-12(8-15(9)17)11-5-6-13(10(2)18)14(16)7-11/h3-8H,1-2H3. The molecule has 0 N–H and O–H groups in total. The smallest absolute Gasteiger partial charge is 0.161 e. The van der Waals surface area contributed by atoms with Gasteiger partial charge in [-0.3, -0.25) is 4.79 Å². The predicted molar refractivity (Wildman–Crippen MR) is 71.6 cm³/mol. The summed E-state index contributed by atoms with van der Waals surface area (Å²) >= 11 is 6.03. The normalized spacial score (nSPS) is 10.4. The summed E-state index contributed by atoms with van der Waals surface area (Å²) in [6, 6.07) is 10.1. The number of carbonyl (C=O) groups excluding carboxylic acids is 1. The highest BCUT2D eigenvalue weighted by atomic mass is 35.5. The lowest BCUT2D eigenvalue weighted by Gasteiger charge is -2.06. The minimum Gasteiger partial charge on any atom is -0.294 e. The second-order valence-corrected chi connectivity index (χ2v) is 4.62. The van der Waals surface area contributed by atoms with Crippen molar-refractivity contribution in [2.24, 2.45) is 0 Å². The summed E-state index contributed by atoms with van der Waals surface area (Å²) in [5, 5.41) is 0.390. The molecule has 0 aromatic heterocycles. The van der Waals surface area contributed by atoms with Crippen LogP contribution < -0.4 is 0 Å². The second kappa shape index (κ2) is 4.91. The van der Waals surface area contributed by atoms with Crippen molar-refractivity contribution in [3.05, 3.63) is 58.4 Å². The van der Waals surface area contributed by atoms with Gasteiger partial charge in [0.05, 0.1) is 5.02 Å². The predicted octanol–water partition coefficient (Wildman–Crippen LogP) is 4.66. The van der Waals surface area contributed by atoms with Crippen LogP contribution in [0.1, 0.15) is 22.8 Å². The summed E-state index contributed by atoms with van der Waals surface area (Å²) < 4.78 is 13.5. The molecule has 0 aliphatic rings. The molecule has 0 radical (unpaired) electrons. The first-order valence-corrected chi connectivity index (χ1v) is 5.94. The van der Waals surface area contributed by atoms with E-state index in [0.717, 1.165) is 11.1 Å². The maximum Gasteiger partial charge on any atom is 0.161 e. The highest BCUT2D eigenvalue weighted by molar-refractivity contribution is 6.34. The summed E-state index contributed by atoms with van der Waals surface area (Å²) in [7, 11) is 0. The number of ketones is 1. The largest absolute Gasteiger partial charge is 0.294 e. The quantitative estimate of drug-likeness (QED) is 0.720. The van der Waals surface area contributed by atoms with Gasteiger partial charge in [-0.15, -0.1) is 0 Å². The molecule has 1 nitrogen and oxygen atoms in total. The molecule has 0 spiro atoms. The molecule has 92 valence electrons. The minimum atomic E-state index is -0.251. The number of hydrogen-bond acceptors (Lipinski definition) is 1. The van der Waals surface area contributed by atoms with E-state index < -0.39 is 0 Å². The Hall–Kier alpha value is -1.67. The van der Waals surface area contributed by atoms with Gasteiger partial charge < -0.3 is 0 Å². The molecule has 0 saturated heterocycles. The minimum absolute atomic E-state index is 0.0818. The van der Waals surface area contributed by atoms with E-state index >= 15 is 0 Å². The van der Waals surface area contributed by atoms with Crippen LogP contribution in [0.3, 0.4) is 0 Å². The maximum atomic E-state index is 13.5. The second-order valence-electron chi connectivity index (χ2n) is 4.21. The molecular weight excluding hydrogens is 251 g/mol. The number of hydrogen-bond donors (Lipinski definition) is 0. The van der Waals surface area contributed by atoms with Crippen LogP contribution in [0.2, 0.25) is 5.02 Å². The van der Waals surface area contributed by atoms with Gasteiger partial charge in [0.1, 0.15) is 5.82 Å². The van der Waals surface area contributed by atoms with Crippen molar-refractivity contribution in [3.63, 3.8) is 0 Å². The molecular formula is C15H12ClFO. The lowest BCUT2D eigenvalue weighted by Crippen LogP contribution is -1.93. The number of Topliss-reactive ketones (excluding diaryl/α,β-unsaturated/α-hetero) is 1. The van der Waals surface area contributed by atoms with Crippen molar-refractivity contribution in [1.29, 1.82) is 0 Å². The van der Waals surface area contributed by atoms with Gasteiger partial charge in [-0.1, -0.05) is 29.8 Å². The zero-order valence-corrected chi connectivity index (χ0v) is 10.9. The molecule has 0 aliphatic heterocycles. The van der Waals surface area contributed by atoms with Crippen LogP contribution in [0.15, 0.2) is 36.4 Å². The van der Waals surface area contributed by atoms with Gasteiger partial charge in [-0.05, 0) is 48.7 Å². The highest BCUT2D eigenvalue weighted by Crippen LogP contribution is 2.27. The summed E-state index contributed by atoms with van der Waals surface area (Å²) in [5.41, 5.74) is 2.62. The third-order valence-corrected chi connectivity index (χ3v) is 3.17. The molecule has 3 heteroatoms. The average Bonchev–Trinajstić information content (AvgIpc) is 2.32. The van der Waals surface area contributed by atoms with Gasteiger partial charge >= 0.3 is 0 Å². The first kappa shape index (κ1) is 12.8. The van der Waals surface area contributed by atoms with Crippen molar-refractivity contribution >= 4 is 17.4 Å². The molecule has 2 aromatic carbocycles. The number of carbonyl (C=O) groups is 1. The Kier molecular flexibility index (Phi) is 3.48. The van der Waals surface area contributed by atoms with Crippen LogP contribution in [-0.2, 0) is 0 Å². The Bertz CT molecular complexity index is 620. The fraction of sp³-hybridized carbons (Fsp3) is 0.133. The molecule has 0 bridgehead atoms. The van der Waals surface area contributed by atoms with E-state index in [0.29, 0.717) is 16.1 Å². The highest BCUT2D eigenvalue weighted by Gasteiger charge is 2.08. The van der Waals surface area contributed by atoms with E-state index in [1.807, 2.05) is 6.07 Å². The molecule has 2 rings (SSSR count). The fourth-order valence-electron chi connectivity index (χ4n) is 1.75. The summed E-state index contributed by atoms with van der Waals surface area (Å²) in [5.74, 6) is -0.332. The Balaban J connectivity index is 2.48. The van der Waals surface area contributed by atoms with Crippen LogP contribution in [0.5, 0.6) is 0 Å². The fourth-order valence-corrected chi connectivity index (χ4v) is 2.07. The first-order chi connectivity index (χ1) is 8.49. The van der Waals surface area contributed by atoms with Gasteiger partial charge in [0.25, 0.3) is 0 Å².